The van der Waals surface area contributed by atoms with Crippen LogP contribution in [0, 0.1) is 11.6 Å². The first-order valence-electron chi connectivity index (χ1n) is 9.02. The highest BCUT2D eigenvalue weighted by molar-refractivity contribution is 7.90. The van der Waals surface area contributed by atoms with Crippen molar-refractivity contribution >= 4 is 39.0 Å². The van der Waals surface area contributed by atoms with Crippen LogP contribution in [-0.2, 0) is 22.8 Å². The minimum absolute atomic E-state index is 0.0545. The van der Waals surface area contributed by atoms with Crippen molar-refractivity contribution < 1.29 is 30.4 Å². The topological polar surface area (TPSA) is 96.0 Å². The molecule has 3 rings (SSSR count). The van der Waals surface area contributed by atoms with Crippen LogP contribution in [0.4, 0.5) is 39.1 Å². The van der Waals surface area contributed by atoms with Gasteiger partial charge in [-0.25, -0.2) is 18.5 Å². The lowest BCUT2D eigenvalue weighted by Crippen LogP contribution is -2.27. The van der Waals surface area contributed by atoms with E-state index in [1.54, 1.807) is 0 Å². The minimum Gasteiger partial charge on any atom is -0.351 e. The standard InChI is InChI=1S/C19H15ClF5N5O2S/c1-26-33(31,32)30-18-17(22)10(4-5-28-18)6-11-8-27-9-15(16(11)19(23,24)25)29-14-3-2-12(20)7-13(14)21/h2-5,7-9,26,29H,6H2,1H3,(H,28,30). The lowest BCUT2D eigenvalue weighted by Gasteiger charge is -2.19. The highest BCUT2D eigenvalue weighted by atomic mass is 35.5. The third-order valence-corrected chi connectivity index (χ3v) is 5.59. The third kappa shape index (κ3) is 5.86. The van der Waals surface area contributed by atoms with E-state index in [4.69, 9.17) is 11.6 Å². The molecule has 2 heterocycles. The Hall–Kier alpha value is -3.03. The quantitative estimate of drug-likeness (QED) is 0.405. The molecule has 0 spiro atoms. The third-order valence-electron chi connectivity index (χ3n) is 4.36. The van der Waals surface area contributed by atoms with Crippen LogP contribution in [0.25, 0.3) is 0 Å². The van der Waals surface area contributed by atoms with Crippen LogP contribution in [0.3, 0.4) is 0 Å². The summed E-state index contributed by atoms with van der Waals surface area (Å²) in [4.78, 5) is 7.32. The van der Waals surface area contributed by atoms with Gasteiger partial charge in [0.2, 0.25) is 0 Å². The Kier molecular flexibility index (Phi) is 7.05. The van der Waals surface area contributed by atoms with Crippen molar-refractivity contribution in [1.82, 2.24) is 14.7 Å². The van der Waals surface area contributed by atoms with Crippen LogP contribution in [0.2, 0.25) is 5.02 Å². The van der Waals surface area contributed by atoms with Gasteiger partial charge < -0.3 is 5.32 Å². The predicted molar refractivity (Wildman–Crippen MR) is 113 cm³/mol. The molecule has 0 amide bonds. The molecule has 0 aliphatic carbocycles. The maximum absolute atomic E-state index is 14.8. The van der Waals surface area contributed by atoms with E-state index < -0.39 is 57.1 Å². The van der Waals surface area contributed by atoms with E-state index >= 15 is 0 Å². The molecule has 14 heteroatoms. The summed E-state index contributed by atoms with van der Waals surface area (Å²) in [6.45, 7) is 0. The Balaban J connectivity index is 2.03. The number of benzene rings is 1. The Labute approximate surface area is 190 Å². The second kappa shape index (κ2) is 9.45. The van der Waals surface area contributed by atoms with E-state index in [-0.39, 0.29) is 16.3 Å². The molecule has 1 aromatic carbocycles. The van der Waals surface area contributed by atoms with Crippen molar-refractivity contribution in [3.05, 3.63) is 76.2 Å². The maximum atomic E-state index is 14.8. The second-order valence-electron chi connectivity index (χ2n) is 6.59. The molecule has 0 saturated carbocycles. The highest BCUT2D eigenvalue weighted by Gasteiger charge is 2.37. The summed E-state index contributed by atoms with van der Waals surface area (Å²) in [7, 11) is -3.04. The molecule has 0 atom stereocenters. The average Bonchev–Trinajstić information content (AvgIpc) is 2.72. The van der Waals surface area contributed by atoms with E-state index in [0.717, 1.165) is 43.8 Å². The molecular weight excluding hydrogens is 493 g/mol. The van der Waals surface area contributed by atoms with Gasteiger partial charge in [-0.1, -0.05) is 11.6 Å². The number of hydrogen-bond donors (Lipinski definition) is 3. The molecule has 0 bridgehead atoms. The van der Waals surface area contributed by atoms with Gasteiger partial charge in [-0.15, -0.1) is 0 Å². The summed E-state index contributed by atoms with van der Waals surface area (Å²) in [6, 6.07) is 4.48. The molecule has 0 unspecified atom stereocenters. The summed E-state index contributed by atoms with van der Waals surface area (Å²) in [6.07, 6.45) is -2.73. The minimum atomic E-state index is -4.91. The van der Waals surface area contributed by atoms with Gasteiger partial charge in [-0.2, -0.15) is 21.6 Å². The fourth-order valence-electron chi connectivity index (χ4n) is 2.88. The van der Waals surface area contributed by atoms with Gasteiger partial charge in [0.1, 0.15) is 5.82 Å². The Morgan fingerprint density at radius 2 is 1.79 bits per heavy atom. The number of anilines is 3. The fourth-order valence-corrected chi connectivity index (χ4v) is 3.54. The van der Waals surface area contributed by atoms with E-state index in [2.05, 4.69) is 15.3 Å². The normalized spacial score (nSPS) is 12.0. The molecule has 3 aromatic rings. The molecule has 7 nitrogen and oxygen atoms in total. The number of rotatable bonds is 7. The van der Waals surface area contributed by atoms with Crippen LogP contribution in [0.5, 0.6) is 0 Å². The molecular formula is C19H15ClF5N5O2S. The van der Waals surface area contributed by atoms with Crippen LogP contribution < -0.4 is 14.8 Å². The molecule has 176 valence electrons. The Morgan fingerprint density at radius 1 is 1.06 bits per heavy atom. The van der Waals surface area contributed by atoms with Gasteiger partial charge in [-0.05, 0) is 35.4 Å². The summed E-state index contributed by atoms with van der Waals surface area (Å²) >= 11 is 5.67. The number of aromatic nitrogens is 2. The zero-order valence-corrected chi connectivity index (χ0v) is 18.2. The Morgan fingerprint density at radius 3 is 2.42 bits per heavy atom. The number of pyridine rings is 2. The zero-order chi connectivity index (χ0) is 24.4. The van der Waals surface area contributed by atoms with Crippen molar-refractivity contribution in [3.8, 4) is 0 Å². The van der Waals surface area contributed by atoms with E-state index in [9.17, 15) is 30.4 Å². The fraction of sp³-hybridized carbons (Fsp3) is 0.158. The van der Waals surface area contributed by atoms with Crippen LogP contribution in [0.15, 0.2) is 42.9 Å². The van der Waals surface area contributed by atoms with Crippen LogP contribution in [-0.4, -0.2) is 25.4 Å². The van der Waals surface area contributed by atoms with E-state index in [1.165, 1.54) is 6.07 Å². The summed E-state index contributed by atoms with van der Waals surface area (Å²) in [5.74, 6) is -2.74. The summed E-state index contributed by atoms with van der Waals surface area (Å²) in [5.41, 5.74) is -2.75. The highest BCUT2D eigenvalue weighted by Crippen LogP contribution is 2.39. The number of nitrogens with zero attached hydrogens (tertiary/aromatic N) is 2. The summed E-state index contributed by atoms with van der Waals surface area (Å²) in [5, 5.41) is 2.40. The van der Waals surface area contributed by atoms with Crippen molar-refractivity contribution in [2.24, 2.45) is 0 Å². The van der Waals surface area contributed by atoms with Crippen LogP contribution in [0.1, 0.15) is 16.7 Å². The number of alkyl halides is 3. The smallest absolute Gasteiger partial charge is 0.351 e. The number of halogens is 6. The number of hydrogen-bond acceptors (Lipinski definition) is 5. The Bertz CT molecular complexity index is 1290. The van der Waals surface area contributed by atoms with Crippen molar-refractivity contribution in [1.29, 1.82) is 0 Å². The zero-order valence-electron chi connectivity index (χ0n) is 16.6. The van der Waals surface area contributed by atoms with E-state index in [0.29, 0.717) is 0 Å². The van der Waals surface area contributed by atoms with Gasteiger partial charge in [0.15, 0.2) is 11.6 Å². The first kappa shape index (κ1) is 24.6. The predicted octanol–water partition coefficient (Wildman–Crippen LogP) is 4.64. The maximum Gasteiger partial charge on any atom is 0.418 e. The lowest BCUT2D eigenvalue weighted by molar-refractivity contribution is -0.137. The molecule has 0 aliphatic heterocycles. The largest absolute Gasteiger partial charge is 0.418 e. The molecule has 33 heavy (non-hydrogen) atoms. The molecule has 3 N–H and O–H groups in total. The van der Waals surface area contributed by atoms with Crippen molar-refractivity contribution in [2.75, 3.05) is 17.1 Å². The first-order valence-corrected chi connectivity index (χ1v) is 10.9. The van der Waals surface area contributed by atoms with Gasteiger partial charge in [0.05, 0.1) is 23.1 Å². The molecule has 0 saturated heterocycles. The lowest BCUT2D eigenvalue weighted by atomic mass is 10.00. The molecule has 0 fully saturated rings. The average molecular weight is 508 g/mol. The second-order valence-corrected chi connectivity index (χ2v) is 8.64. The van der Waals surface area contributed by atoms with Gasteiger partial charge >= 0.3 is 6.18 Å². The van der Waals surface area contributed by atoms with Crippen molar-refractivity contribution in [2.45, 2.75) is 12.6 Å². The van der Waals surface area contributed by atoms with Gasteiger partial charge in [-0.3, -0.25) is 9.71 Å². The molecule has 0 radical (unpaired) electrons. The molecule has 2 aromatic heterocycles. The number of nitrogens with one attached hydrogen (secondary N) is 3. The SMILES string of the molecule is CNS(=O)(=O)Nc1nccc(Cc2cncc(Nc3ccc(Cl)cc3F)c2C(F)(F)F)c1F. The molecule has 0 aliphatic rings. The van der Waals surface area contributed by atoms with Gasteiger partial charge in [0.25, 0.3) is 10.2 Å². The van der Waals surface area contributed by atoms with Crippen molar-refractivity contribution in [3.63, 3.8) is 0 Å². The van der Waals surface area contributed by atoms with Crippen LogP contribution >= 0.6 is 11.6 Å². The first-order chi connectivity index (χ1) is 15.4. The monoisotopic (exact) mass is 507 g/mol. The van der Waals surface area contributed by atoms with E-state index in [1.807, 2.05) is 9.44 Å². The summed E-state index contributed by atoms with van der Waals surface area (Å²) < 4.78 is 97.7. The van der Waals surface area contributed by atoms with Gasteiger partial charge in [0, 0.05) is 30.9 Å².